The molecule has 1 amide bonds. The van der Waals surface area contributed by atoms with Crippen LogP contribution < -0.4 is 15.7 Å². The second-order valence-electron chi connectivity index (χ2n) is 9.29. The van der Waals surface area contributed by atoms with E-state index < -0.39 is 41.5 Å². The predicted molar refractivity (Wildman–Crippen MR) is 143 cm³/mol. The molecular weight excluding hydrogens is 545 g/mol. The minimum absolute atomic E-state index is 0.0550. The third-order valence-electron chi connectivity index (χ3n) is 6.47. The normalized spacial score (nSPS) is 11.6. The molecule has 0 aliphatic heterocycles. The molecule has 6 nitrogen and oxygen atoms in total. The number of aromatic nitrogens is 2. The van der Waals surface area contributed by atoms with Gasteiger partial charge < -0.3 is 10.1 Å². The molecule has 4 aromatic carbocycles. The van der Waals surface area contributed by atoms with E-state index in [9.17, 15) is 27.2 Å². The molecule has 0 atom stereocenters. The lowest BCUT2D eigenvalue weighted by Gasteiger charge is -2.14. The molecule has 1 heterocycles. The summed E-state index contributed by atoms with van der Waals surface area (Å²) in [4.78, 5) is 25.8. The number of carbonyl (C=O) groups excluding carboxylic acids is 1. The van der Waals surface area contributed by atoms with Crippen LogP contribution in [-0.2, 0) is 31.2 Å². The number of amides is 1. The summed E-state index contributed by atoms with van der Waals surface area (Å²) in [5.41, 5.74) is -0.853. The van der Waals surface area contributed by atoms with E-state index in [1.807, 2.05) is 6.07 Å². The number of rotatable bonds is 7. The number of benzene rings is 4. The van der Waals surface area contributed by atoms with E-state index in [2.05, 4.69) is 5.32 Å². The zero-order valence-corrected chi connectivity index (χ0v) is 21.5. The van der Waals surface area contributed by atoms with Gasteiger partial charge in [0.25, 0.3) is 0 Å². The molecule has 0 aliphatic rings. The second kappa shape index (κ2) is 10.9. The highest BCUT2D eigenvalue weighted by atomic mass is 19.4. The standard InChI is InChI=1S/C30H22F5N3O3/c1-37-28-23(19-7-12-26(24(32)13-19)41-17-18-5-3-2-4-6-18)14-20(30(33,34)35)15-25(28)38(29(37)40)16-27(39)36-22-10-8-21(31)9-11-22/h2-15H,16-17H2,1H3,(H,36,39). The molecule has 1 aromatic heterocycles. The molecule has 0 bridgehead atoms. The zero-order valence-electron chi connectivity index (χ0n) is 21.5. The topological polar surface area (TPSA) is 65.3 Å². The summed E-state index contributed by atoms with van der Waals surface area (Å²) in [5, 5.41) is 2.49. The van der Waals surface area contributed by atoms with Crippen molar-refractivity contribution in [1.82, 2.24) is 9.13 Å². The number of imidazole rings is 1. The molecule has 210 valence electrons. The number of fused-ring (bicyclic) bond motifs is 1. The van der Waals surface area contributed by atoms with E-state index in [0.29, 0.717) is 0 Å². The quantitative estimate of drug-likeness (QED) is 0.228. The summed E-state index contributed by atoms with van der Waals surface area (Å²) < 4.78 is 77.6. The van der Waals surface area contributed by atoms with Gasteiger partial charge in [0.05, 0.1) is 16.6 Å². The number of halogens is 5. The smallest absolute Gasteiger partial charge is 0.416 e. The summed E-state index contributed by atoms with van der Waals surface area (Å²) in [6, 6.07) is 19.3. The molecule has 0 fully saturated rings. The van der Waals surface area contributed by atoms with E-state index in [1.54, 1.807) is 24.3 Å². The first kappa shape index (κ1) is 27.6. The van der Waals surface area contributed by atoms with Gasteiger partial charge in [0.2, 0.25) is 5.91 Å². The van der Waals surface area contributed by atoms with Crippen LogP contribution in [0.5, 0.6) is 5.75 Å². The van der Waals surface area contributed by atoms with E-state index >= 15 is 4.39 Å². The Morgan fingerprint density at radius 3 is 2.29 bits per heavy atom. The van der Waals surface area contributed by atoms with Crippen LogP contribution in [0, 0.1) is 11.6 Å². The average Bonchev–Trinajstić information content (AvgIpc) is 3.18. The van der Waals surface area contributed by atoms with Crippen molar-refractivity contribution in [3.05, 3.63) is 118 Å². The largest absolute Gasteiger partial charge is 0.486 e. The molecule has 1 N–H and O–H groups in total. The Hall–Kier alpha value is -4.93. The maximum atomic E-state index is 15.1. The molecule has 5 aromatic rings. The molecule has 11 heteroatoms. The van der Waals surface area contributed by atoms with Gasteiger partial charge in [-0.2, -0.15) is 13.2 Å². The highest BCUT2D eigenvalue weighted by Gasteiger charge is 2.33. The highest BCUT2D eigenvalue weighted by molar-refractivity contribution is 5.96. The fourth-order valence-corrected chi connectivity index (χ4v) is 4.49. The van der Waals surface area contributed by atoms with E-state index in [0.717, 1.165) is 45.0 Å². The number of hydrogen-bond donors (Lipinski definition) is 1. The van der Waals surface area contributed by atoms with Crippen molar-refractivity contribution in [2.45, 2.75) is 19.3 Å². The van der Waals surface area contributed by atoms with E-state index in [1.165, 1.54) is 31.3 Å². The van der Waals surface area contributed by atoms with Crippen LogP contribution >= 0.6 is 0 Å². The Kier molecular flexibility index (Phi) is 7.36. The van der Waals surface area contributed by atoms with Gasteiger partial charge >= 0.3 is 11.9 Å². The lowest BCUT2D eigenvalue weighted by molar-refractivity contribution is -0.137. The number of hydrogen-bond acceptors (Lipinski definition) is 3. The number of nitrogens with zero attached hydrogens (tertiary/aromatic N) is 2. The van der Waals surface area contributed by atoms with Gasteiger partial charge in [-0.25, -0.2) is 13.6 Å². The van der Waals surface area contributed by atoms with Gasteiger partial charge in [0.15, 0.2) is 11.6 Å². The van der Waals surface area contributed by atoms with E-state index in [4.69, 9.17) is 4.74 Å². The summed E-state index contributed by atoms with van der Waals surface area (Å²) >= 11 is 0. The first-order valence-electron chi connectivity index (χ1n) is 12.3. The predicted octanol–water partition coefficient (Wildman–Crippen LogP) is 6.52. The maximum Gasteiger partial charge on any atom is 0.416 e. The molecule has 0 saturated heterocycles. The van der Waals surface area contributed by atoms with Gasteiger partial charge in [0.1, 0.15) is 19.0 Å². The monoisotopic (exact) mass is 567 g/mol. The molecule has 41 heavy (non-hydrogen) atoms. The molecule has 0 unspecified atom stereocenters. The number of carbonyl (C=O) groups is 1. The summed E-state index contributed by atoms with van der Waals surface area (Å²) in [5.74, 6) is -2.12. The van der Waals surface area contributed by atoms with Crippen LogP contribution in [0.1, 0.15) is 11.1 Å². The van der Waals surface area contributed by atoms with Gasteiger partial charge in [-0.05, 0) is 59.7 Å². The Bertz CT molecular complexity index is 1790. The number of alkyl halides is 3. The van der Waals surface area contributed by atoms with Crippen molar-refractivity contribution in [3.8, 4) is 16.9 Å². The number of anilines is 1. The number of nitrogens with one attached hydrogen (secondary N) is 1. The molecule has 0 radical (unpaired) electrons. The molecular formula is C30H22F5N3O3. The Balaban J connectivity index is 1.54. The van der Waals surface area contributed by atoms with E-state index in [-0.39, 0.29) is 40.2 Å². The molecule has 5 rings (SSSR count). The van der Waals surface area contributed by atoms with Crippen LogP contribution in [-0.4, -0.2) is 15.0 Å². The Morgan fingerprint density at radius 1 is 0.927 bits per heavy atom. The van der Waals surface area contributed by atoms with Gasteiger partial charge in [-0.1, -0.05) is 36.4 Å². The SMILES string of the molecule is Cn1c(=O)n(CC(=O)Nc2ccc(F)cc2)c2cc(C(F)(F)F)cc(-c3ccc(OCc4ccccc4)c(F)c3)c21. The summed E-state index contributed by atoms with van der Waals surface area (Å²) in [7, 11) is 1.35. The van der Waals surface area contributed by atoms with Crippen LogP contribution in [0.15, 0.2) is 89.7 Å². The van der Waals surface area contributed by atoms with Crippen LogP contribution in [0.4, 0.5) is 27.6 Å². The van der Waals surface area contributed by atoms with Crippen molar-refractivity contribution < 1.29 is 31.5 Å². The molecule has 0 spiro atoms. The van der Waals surface area contributed by atoms with Gasteiger partial charge in [0, 0.05) is 18.3 Å². The van der Waals surface area contributed by atoms with Gasteiger partial charge in [-0.3, -0.25) is 13.9 Å². The minimum Gasteiger partial charge on any atom is -0.486 e. The van der Waals surface area contributed by atoms with Crippen LogP contribution in [0.2, 0.25) is 0 Å². The van der Waals surface area contributed by atoms with Crippen molar-refractivity contribution in [2.24, 2.45) is 7.05 Å². The summed E-state index contributed by atoms with van der Waals surface area (Å²) in [6.07, 6.45) is -4.80. The maximum absolute atomic E-state index is 15.1. The summed E-state index contributed by atoms with van der Waals surface area (Å²) in [6.45, 7) is -0.531. The fourth-order valence-electron chi connectivity index (χ4n) is 4.49. The van der Waals surface area contributed by atoms with Crippen molar-refractivity contribution >= 4 is 22.6 Å². The van der Waals surface area contributed by atoms with Crippen molar-refractivity contribution in [1.29, 1.82) is 0 Å². The van der Waals surface area contributed by atoms with Crippen molar-refractivity contribution in [2.75, 3.05) is 5.32 Å². The lowest BCUT2D eigenvalue weighted by Crippen LogP contribution is -2.28. The number of ether oxygens (including phenoxy) is 1. The average molecular weight is 568 g/mol. The third-order valence-corrected chi connectivity index (χ3v) is 6.47. The van der Waals surface area contributed by atoms with Crippen LogP contribution in [0.3, 0.4) is 0 Å². The highest BCUT2D eigenvalue weighted by Crippen LogP contribution is 2.38. The number of aryl methyl sites for hydroxylation is 1. The zero-order chi connectivity index (χ0) is 29.3. The van der Waals surface area contributed by atoms with Gasteiger partial charge in [-0.15, -0.1) is 0 Å². The van der Waals surface area contributed by atoms with Crippen molar-refractivity contribution in [3.63, 3.8) is 0 Å². The third kappa shape index (κ3) is 5.84. The molecule has 0 saturated carbocycles. The second-order valence-corrected chi connectivity index (χ2v) is 9.29. The Morgan fingerprint density at radius 2 is 1.63 bits per heavy atom. The minimum atomic E-state index is -4.80. The lowest BCUT2D eigenvalue weighted by atomic mass is 10.00. The molecule has 0 aliphatic carbocycles. The van der Waals surface area contributed by atoms with Crippen LogP contribution in [0.25, 0.3) is 22.2 Å². The fraction of sp³-hybridized carbons (Fsp3) is 0.133. The first-order valence-corrected chi connectivity index (χ1v) is 12.3. The Labute approximate surface area is 230 Å². The first-order chi connectivity index (χ1) is 19.5.